The van der Waals surface area contributed by atoms with Crippen molar-refractivity contribution in [2.45, 2.75) is 45.6 Å². The van der Waals surface area contributed by atoms with Gasteiger partial charge in [-0.05, 0) is 54.4 Å². The first-order valence-corrected chi connectivity index (χ1v) is 8.90. The molecule has 1 saturated heterocycles. The van der Waals surface area contributed by atoms with Crippen molar-refractivity contribution in [2.24, 2.45) is 5.92 Å². The molecule has 1 aromatic carbocycles. The number of nitrogens with one attached hydrogen (secondary N) is 1. The van der Waals surface area contributed by atoms with Crippen LogP contribution < -0.4 is 5.32 Å². The lowest BCUT2D eigenvalue weighted by molar-refractivity contribution is 0.393. The highest BCUT2D eigenvalue weighted by Gasteiger charge is 2.26. The maximum absolute atomic E-state index is 3.78. The van der Waals surface area contributed by atoms with Gasteiger partial charge in [0.1, 0.15) is 0 Å². The normalized spacial score (nSPS) is 20.6. The van der Waals surface area contributed by atoms with Crippen molar-refractivity contribution in [3.63, 3.8) is 0 Å². The molecule has 0 radical (unpaired) electrons. The Morgan fingerprint density at radius 3 is 2.89 bits per heavy atom. The summed E-state index contributed by atoms with van der Waals surface area (Å²) in [6.45, 7) is 5.64. The van der Waals surface area contributed by atoms with Crippen LogP contribution in [0, 0.1) is 5.92 Å². The average Bonchev–Trinajstić information content (AvgIpc) is 2.94. The molecule has 19 heavy (non-hydrogen) atoms. The highest BCUT2D eigenvalue weighted by Crippen LogP contribution is 2.34. The van der Waals surface area contributed by atoms with Gasteiger partial charge < -0.3 is 5.32 Å². The second kappa shape index (κ2) is 7.96. The molecule has 0 spiro atoms. The van der Waals surface area contributed by atoms with Gasteiger partial charge in [-0.1, -0.05) is 44.5 Å². The van der Waals surface area contributed by atoms with E-state index in [1.807, 2.05) is 0 Å². The van der Waals surface area contributed by atoms with Crippen LogP contribution in [0.1, 0.15) is 50.3 Å². The van der Waals surface area contributed by atoms with Crippen molar-refractivity contribution >= 4 is 11.8 Å². The average molecular weight is 277 g/mol. The van der Waals surface area contributed by atoms with E-state index in [0.29, 0.717) is 6.04 Å². The van der Waals surface area contributed by atoms with Crippen molar-refractivity contribution in [2.75, 3.05) is 18.1 Å². The second-order valence-corrected chi connectivity index (χ2v) is 6.70. The molecule has 0 aliphatic carbocycles. The van der Waals surface area contributed by atoms with Crippen LogP contribution in [0.5, 0.6) is 0 Å². The predicted molar refractivity (Wildman–Crippen MR) is 86.9 cm³/mol. The number of thioether (sulfide) groups is 1. The van der Waals surface area contributed by atoms with Gasteiger partial charge in [0.15, 0.2) is 0 Å². The molecule has 2 unspecified atom stereocenters. The predicted octanol–water partition coefficient (Wildman–Crippen LogP) is 4.43. The minimum atomic E-state index is 0.562. The van der Waals surface area contributed by atoms with Crippen molar-refractivity contribution in [1.29, 1.82) is 0 Å². The molecule has 106 valence electrons. The van der Waals surface area contributed by atoms with Crippen LogP contribution in [-0.2, 0) is 6.42 Å². The minimum absolute atomic E-state index is 0.562. The Labute approximate surface area is 122 Å². The van der Waals surface area contributed by atoms with Crippen LogP contribution in [-0.4, -0.2) is 18.1 Å². The Hall–Kier alpha value is -0.470. The Kier molecular flexibility index (Phi) is 6.25. The topological polar surface area (TPSA) is 12.0 Å². The second-order valence-electron chi connectivity index (χ2n) is 5.55. The molecule has 0 aromatic heterocycles. The Balaban J connectivity index is 2.13. The number of benzene rings is 1. The van der Waals surface area contributed by atoms with Gasteiger partial charge in [0.05, 0.1) is 0 Å². The van der Waals surface area contributed by atoms with Gasteiger partial charge in [0, 0.05) is 6.04 Å². The first-order valence-electron chi connectivity index (χ1n) is 7.75. The smallest absolute Gasteiger partial charge is 0.0356 e. The molecule has 1 nitrogen and oxygen atoms in total. The van der Waals surface area contributed by atoms with Crippen molar-refractivity contribution in [3.05, 3.63) is 35.4 Å². The molecule has 0 saturated carbocycles. The maximum atomic E-state index is 3.78. The molecule has 1 aliphatic rings. The van der Waals surface area contributed by atoms with E-state index in [-0.39, 0.29) is 0 Å². The Morgan fingerprint density at radius 2 is 2.21 bits per heavy atom. The Morgan fingerprint density at radius 1 is 1.32 bits per heavy atom. The fourth-order valence-corrected chi connectivity index (χ4v) is 4.20. The zero-order chi connectivity index (χ0) is 13.5. The van der Waals surface area contributed by atoms with E-state index in [4.69, 9.17) is 0 Å². The zero-order valence-electron chi connectivity index (χ0n) is 12.3. The monoisotopic (exact) mass is 277 g/mol. The molecule has 0 bridgehead atoms. The van der Waals surface area contributed by atoms with Gasteiger partial charge in [-0.2, -0.15) is 11.8 Å². The van der Waals surface area contributed by atoms with E-state index >= 15 is 0 Å². The van der Waals surface area contributed by atoms with Gasteiger partial charge >= 0.3 is 0 Å². The van der Waals surface area contributed by atoms with Crippen molar-refractivity contribution in [1.82, 2.24) is 5.32 Å². The molecule has 1 fully saturated rings. The van der Waals surface area contributed by atoms with Gasteiger partial charge in [-0.25, -0.2) is 0 Å². The van der Waals surface area contributed by atoms with Crippen LogP contribution in [0.2, 0.25) is 0 Å². The number of aryl methyl sites for hydroxylation is 1. The molecule has 2 rings (SSSR count). The summed E-state index contributed by atoms with van der Waals surface area (Å²) < 4.78 is 0. The molecule has 2 heteroatoms. The molecule has 2 atom stereocenters. The van der Waals surface area contributed by atoms with Gasteiger partial charge in [-0.15, -0.1) is 0 Å². The van der Waals surface area contributed by atoms with E-state index in [2.05, 4.69) is 55.2 Å². The Bertz CT molecular complexity index is 371. The fraction of sp³-hybridized carbons (Fsp3) is 0.647. The van der Waals surface area contributed by atoms with E-state index in [0.717, 1.165) is 12.5 Å². The summed E-state index contributed by atoms with van der Waals surface area (Å²) >= 11 is 2.11. The summed E-state index contributed by atoms with van der Waals surface area (Å²) in [7, 11) is 0. The lowest BCUT2D eigenvalue weighted by Crippen LogP contribution is -2.29. The molecular formula is C17H27NS. The quantitative estimate of drug-likeness (QED) is 0.791. The van der Waals surface area contributed by atoms with Crippen LogP contribution in [0.25, 0.3) is 0 Å². The van der Waals surface area contributed by atoms with E-state index in [9.17, 15) is 0 Å². The van der Waals surface area contributed by atoms with Gasteiger partial charge in [-0.3, -0.25) is 0 Å². The summed E-state index contributed by atoms with van der Waals surface area (Å²) in [5.74, 6) is 3.47. The van der Waals surface area contributed by atoms with Crippen molar-refractivity contribution in [3.8, 4) is 0 Å². The lowest BCUT2D eigenvalue weighted by Gasteiger charge is -2.25. The van der Waals surface area contributed by atoms with E-state index in [1.165, 1.54) is 48.3 Å². The highest BCUT2D eigenvalue weighted by atomic mass is 32.2. The summed E-state index contributed by atoms with van der Waals surface area (Å²) in [5.41, 5.74) is 3.00. The fourth-order valence-electron chi connectivity index (χ4n) is 2.90. The standard InChI is InChI=1S/C17H27NS/c1-3-6-14-7-5-8-15(12-14)17(18-10-4-2)16-9-11-19-13-16/h5,7-8,12,16-18H,3-4,6,9-11,13H2,1-2H3. The van der Waals surface area contributed by atoms with Crippen LogP contribution >= 0.6 is 11.8 Å². The highest BCUT2D eigenvalue weighted by molar-refractivity contribution is 7.99. The number of hydrogen-bond acceptors (Lipinski definition) is 2. The number of rotatable bonds is 7. The maximum Gasteiger partial charge on any atom is 0.0356 e. The van der Waals surface area contributed by atoms with E-state index < -0.39 is 0 Å². The summed E-state index contributed by atoms with van der Waals surface area (Å²) in [6, 6.07) is 9.82. The van der Waals surface area contributed by atoms with Gasteiger partial charge in [0.2, 0.25) is 0 Å². The van der Waals surface area contributed by atoms with Crippen molar-refractivity contribution < 1.29 is 0 Å². The molecular weight excluding hydrogens is 250 g/mol. The van der Waals surface area contributed by atoms with E-state index in [1.54, 1.807) is 0 Å². The molecule has 1 aliphatic heterocycles. The third-order valence-corrected chi connectivity index (χ3v) is 5.09. The molecule has 1 heterocycles. The largest absolute Gasteiger partial charge is 0.310 e. The summed E-state index contributed by atoms with van der Waals surface area (Å²) in [5, 5.41) is 3.78. The third kappa shape index (κ3) is 4.25. The lowest BCUT2D eigenvalue weighted by atomic mass is 9.91. The summed E-state index contributed by atoms with van der Waals surface area (Å²) in [4.78, 5) is 0. The summed E-state index contributed by atoms with van der Waals surface area (Å²) in [6.07, 6.45) is 5.01. The first kappa shape index (κ1) is 14.9. The van der Waals surface area contributed by atoms with Crippen LogP contribution in [0.3, 0.4) is 0 Å². The number of hydrogen-bond donors (Lipinski definition) is 1. The SMILES string of the molecule is CCCNC(c1cccc(CCC)c1)C1CCSC1. The van der Waals surface area contributed by atoms with Crippen LogP contribution in [0.15, 0.2) is 24.3 Å². The van der Waals surface area contributed by atoms with Gasteiger partial charge in [0.25, 0.3) is 0 Å². The van der Waals surface area contributed by atoms with Crippen LogP contribution in [0.4, 0.5) is 0 Å². The minimum Gasteiger partial charge on any atom is -0.310 e. The molecule has 1 aromatic rings. The third-order valence-electron chi connectivity index (χ3n) is 3.90. The first-order chi connectivity index (χ1) is 9.35. The molecule has 0 amide bonds. The zero-order valence-corrected chi connectivity index (χ0v) is 13.1. The molecule has 1 N–H and O–H groups in total.